The number of hydrogen-bond acceptors (Lipinski definition) is 6. The van der Waals surface area contributed by atoms with Gasteiger partial charge in [-0.3, -0.25) is 9.69 Å². The van der Waals surface area contributed by atoms with E-state index in [1.807, 2.05) is 63.1 Å². The third kappa shape index (κ3) is 5.73. The highest BCUT2D eigenvalue weighted by atomic mass is 19.4. The number of alkyl halides is 3. The first-order valence-electron chi connectivity index (χ1n) is 13.0. The number of carbonyl (C=O) groups excluding carboxylic acids is 1. The molecule has 1 aliphatic heterocycles. The van der Waals surface area contributed by atoms with Gasteiger partial charge in [0, 0.05) is 29.9 Å². The number of pyridine rings is 1. The van der Waals surface area contributed by atoms with Crippen LogP contribution in [-0.2, 0) is 22.3 Å². The molecule has 0 saturated heterocycles. The summed E-state index contributed by atoms with van der Waals surface area (Å²) in [5.74, 6) is -2.58. The monoisotopic (exact) mass is 541 g/mol. The zero-order valence-corrected chi connectivity index (χ0v) is 22.8. The van der Waals surface area contributed by atoms with Crippen LogP contribution in [0.2, 0.25) is 0 Å². The topological polar surface area (TPSA) is 63.7 Å². The molecule has 2 aromatic carbocycles. The van der Waals surface area contributed by atoms with Gasteiger partial charge in [-0.05, 0) is 58.0 Å². The number of halogens is 3. The number of esters is 1. The van der Waals surface area contributed by atoms with Crippen LogP contribution in [-0.4, -0.2) is 41.3 Å². The number of benzene rings is 2. The van der Waals surface area contributed by atoms with E-state index in [9.17, 15) is 18.0 Å². The number of hydrogen-bond donors (Lipinski definition) is 1. The summed E-state index contributed by atoms with van der Waals surface area (Å²) in [5.41, 5.74) is -0.0646. The lowest BCUT2D eigenvalue weighted by atomic mass is 9.69. The molecule has 39 heavy (non-hydrogen) atoms. The Morgan fingerprint density at radius 2 is 1.77 bits per heavy atom. The molecule has 0 amide bonds. The lowest BCUT2D eigenvalue weighted by Crippen LogP contribution is -2.61. The summed E-state index contributed by atoms with van der Waals surface area (Å²) in [6.45, 7) is 7.65. The lowest BCUT2D eigenvalue weighted by Gasteiger charge is -2.51. The average molecular weight is 542 g/mol. The molecule has 2 heterocycles. The molecule has 3 atom stereocenters. The highest BCUT2D eigenvalue weighted by molar-refractivity contribution is 5.81. The summed E-state index contributed by atoms with van der Waals surface area (Å²) >= 11 is 0. The van der Waals surface area contributed by atoms with Crippen LogP contribution < -0.4 is 10.1 Å². The van der Waals surface area contributed by atoms with Gasteiger partial charge in [0.2, 0.25) is 5.88 Å². The Morgan fingerprint density at radius 1 is 1.10 bits per heavy atom. The highest BCUT2D eigenvalue weighted by Gasteiger charge is 2.55. The van der Waals surface area contributed by atoms with Gasteiger partial charge in [-0.1, -0.05) is 48.5 Å². The van der Waals surface area contributed by atoms with Crippen molar-refractivity contribution in [2.45, 2.75) is 58.1 Å². The Hall–Kier alpha value is -3.59. The van der Waals surface area contributed by atoms with E-state index >= 15 is 0 Å². The van der Waals surface area contributed by atoms with Crippen molar-refractivity contribution < 1.29 is 27.4 Å². The largest absolute Gasteiger partial charge is 0.475 e. The number of nitrogens with one attached hydrogen (secondary N) is 1. The number of aromatic nitrogens is 1. The van der Waals surface area contributed by atoms with Crippen LogP contribution in [0.25, 0.3) is 0 Å². The summed E-state index contributed by atoms with van der Waals surface area (Å²) in [6, 6.07) is 16.8. The SMILES string of the molecule is CCOC(=O)C1C(c2ccccc2C(F)(F)F)c2c(ccnc2OC(C)C)NC1(C)N(C)Cc1ccccc1. The molecule has 0 aliphatic carbocycles. The normalized spacial score (nSPS) is 20.9. The van der Waals surface area contributed by atoms with E-state index < -0.39 is 35.2 Å². The second kappa shape index (κ2) is 11.3. The molecule has 9 heteroatoms. The van der Waals surface area contributed by atoms with Crippen molar-refractivity contribution in [1.82, 2.24) is 9.88 Å². The van der Waals surface area contributed by atoms with E-state index in [1.165, 1.54) is 12.1 Å². The summed E-state index contributed by atoms with van der Waals surface area (Å²) in [5, 5.41) is 3.48. The number of rotatable bonds is 8. The minimum atomic E-state index is -4.64. The Kier molecular flexibility index (Phi) is 8.20. The molecule has 1 N–H and O–H groups in total. The van der Waals surface area contributed by atoms with Crippen LogP contribution in [0.4, 0.5) is 18.9 Å². The molecular formula is C30H34F3N3O3. The van der Waals surface area contributed by atoms with Crippen molar-refractivity contribution >= 4 is 11.7 Å². The number of carbonyl (C=O) groups is 1. The molecule has 3 aromatic rings. The lowest BCUT2D eigenvalue weighted by molar-refractivity contribution is -0.155. The standard InChI is InChI=1S/C30H34F3N3O3/c1-6-38-28(37)26-24(21-14-10-11-15-22(21)30(31,32)33)25-23(16-17-34-27(25)39-19(2)3)35-29(26,4)36(5)18-20-12-8-7-9-13-20/h7-17,19,24,26,35H,6,18H2,1-5H3. The third-order valence-corrected chi connectivity index (χ3v) is 7.14. The van der Waals surface area contributed by atoms with Crippen molar-refractivity contribution in [3.8, 4) is 5.88 Å². The van der Waals surface area contributed by atoms with Crippen LogP contribution in [0.5, 0.6) is 5.88 Å². The number of nitrogens with zero attached hydrogens (tertiary/aromatic N) is 2. The second-order valence-corrected chi connectivity index (χ2v) is 10.2. The Morgan fingerprint density at radius 3 is 2.41 bits per heavy atom. The van der Waals surface area contributed by atoms with Gasteiger partial charge in [0.05, 0.1) is 18.3 Å². The summed E-state index contributed by atoms with van der Waals surface area (Å²) in [4.78, 5) is 20.2. The van der Waals surface area contributed by atoms with Crippen LogP contribution in [0, 0.1) is 5.92 Å². The van der Waals surface area contributed by atoms with E-state index in [4.69, 9.17) is 9.47 Å². The number of ether oxygens (including phenoxy) is 2. The molecule has 0 spiro atoms. The summed E-state index contributed by atoms with van der Waals surface area (Å²) < 4.78 is 54.8. The first-order valence-corrected chi connectivity index (χ1v) is 13.0. The second-order valence-electron chi connectivity index (χ2n) is 10.2. The molecule has 3 unspecified atom stereocenters. The van der Waals surface area contributed by atoms with Crippen LogP contribution in [0.15, 0.2) is 66.9 Å². The van der Waals surface area contributed by atoms with E-state index in [-0.39, 0.29) is 24.2 Å². The number of anilines is 1. The molecule has 0 saturated carbocycles. The fourth-order valence-electron chi connectivity index (χ4n) is 5.34. The molecule has 0 bridgehead atoms. The van der Waals surface area contributed by atoms with Gasteiger partial charge in [-0.25, -0.2) is 4.98 Å². The molecule has 4 rings (SSSR count). The summed E-state index contributed by atoms with van der Waals surface area (Å²) in [6.07, 6.45) is -3.38. The van der Waals surface area contributed by atoms with Crippen molar-refractivity contribution in [1.29, 1.82) is 0 Å². The van der Waals surface area contributed by atoms with Gasteiger partial charge in [-0.15, -0.1) is 0 Å². The Balaban J connectivity index is 2.00. The van der Waals surface area contributed by atoms with Gasteiger partial charge in [0.25, 0.3) is 0 Å². The van der Waals surface area contributed by atoms with Crippen LogP contribution >= 0.6 is 0 Å². The van der Waals surface area contributed by atoms with Crippen molar-refractivity contribution in [3.05, 3.63) is 89.1 Å². The van der Waals surface area contributed by atoms with Crippen LogP contribution in [0.3, 0.4) is 0 Å². The van der Waals surface area contributed by atoms with Gasteiger partial charge in [-0.2, -0.15) is 13.2 Å². The maximum Gasteiger partial charge on any atom is 0.416 e. The molecule has 0 radical (unpaired) electrons. The third-order valence-electron chi connectivity index (χ3n) is 7.14. The zero-order chi connectivity index (χ0) is 28.4. The molecule has 6 nitrogen and oxygen atoms in total. The fourth-order valence-corrected chi connectivity index (χ4v) is 5.34. The molecule has 1 aromatic heterocycles. The van der Waals surface area contributed by atoms with E-state index in [0.29, 0.717) is 17.8 Å². The maximum atomic E-state index is 14.4. The maximum absolute atomic E-state index is 14.4. The average Bonchev–Trinajstić information content (AvgIpc) is 2.88. The van der Waals surface area contributed by atoms with E-state index in [0.717, 1.165) is 11.6 Å². The van der Waals surface area contributed by atoms with Gasteiger partial charge in [0.15, 0.2) is 0 Å². The summed E-state index contributed by atoms with van der Waals surface area (Å²) in [7, 11) is 1.84. The van der Waals surface area contributed by atoms with Crippen LogP contribution in [0.1, 0.15) is 55.9 Å². The minimum Gasteiger partial charge on any atom is -0.475 e. The van der Waals surface area contributed by atoms with Gasteiger partial charge < -0.3 is 14.8 Å². The first-order chi connectivity index (χ1) is 18.5. The molecular weight excluding hydrogens is 507 g/mol. The van der Waals surface area contributed by atoms with Crippen molar-refractivity contribution in [2.75, 3.05) is 19.0 Å². The first kappa shape index (κ1) is 28.4. The van der Waals surface area contributed by atoms with E-state index in [1.54, 1.807) is 25.3 Å². The molecule has 0 fully saturated rings. The van der Waals surface area contributed by atoms with Gasteiger partial charge >= 0.3 is 12.1 Å². The molecule has 208 valence electrons. The minimum absolute atomic E-state index is 0.0354. The highest BCUT2D eigenvalue weighted by Crippen LogP contribution is 2.53. The van der Waals surface area contributed by atoms with E-state index in [2.05, 4.69) is 10.3 Å². The number of fused-ring (bicyclic) bond motifs is 1. The Bertz CT molecular complexity index is 1300. The van der Waals surface area contributed by atoms with Crippen molar-refractivity contribution in [3.63, 3.8) is 0 Å². The molecule has 1 aliphatic rings. The smallest absolute Gasteiger partial charge is 0.416 e. The predicted octanol–water partition coefficient (Wildman–Crippen LogP) is 6.47. The Labute approximate surface area is 227 Å². The van der Waals surface area contributed by atoms with Gasteiger partial charge in [0.1, 0.15) is 11.6 Å². The quantitative estimate of drug-likeness (QED) is 0.330. The fraction of sp³-hybridized carbons (Fsp3) is 0.400. The zero-order valence-electron chi connectivity index (χ0n) is 22.8. The predicted molar refractivity (Wildman–Crippen MR) is 143 cm³/mol. The van der Waals surface area contributed by atoms with Crippen molar-refractivity contribution in [2.24, 2.45) is 5.92 Å².